The van der Waals surface area contributed by atoms with Crippen LogP contribution < -0.4 is 10.2 Å². The normalized spacial score (nSPS) is 19.1. The number of amides is 1. The third kappa shape index (κ3) is 4.77. The molecule has 2 saturated heterocycles. The number of nitrogens with zero attached hydrogens (tertiary/aromatic N) is 4. The topological polar surface area (TPSA) is 72.3 Å². The summed E-state index contributed by atoms with van der Waals surface area (Å²) in [7, 11) is 0. The van der Waals surface area contributed by atoms with Gasteiger partial charge in [-0.1, -0.05) is 6.07 Å². The van der Waals surface area contributed by atoms with Gasteiger partial charge in [-0.15, -0.1) is 11.3 Å². The van der Waals surface area contributed by atoms with E-state index >= 15 is 0 Å². The number of pyridine rings is 1. The Kier molecular flexibility index (Phi) is 6.43. The Balaban J connectivity index is 1.29. The van der Waals surface area contributed by atoms with Crippen LogP contribution in [0, 0.1) is 17.2 Å². The SMILES string of the molecule is N#Cc1ccc(N2CCC(C(=O)NCC(c3cccs3)N3CCCC3)CC2)nc1. The number of likely N-dealkylation sites (tertiary alicyclic amines) is 1. The first kappa shape index (κ1) is 19.9. The molecular formula is C22H27N5OS. The van der Waals surface area contributed by atoms with Gasteiger partial charge in [0.25, 0.3) is 0 Å². The van der Waals surface area contributed by atoms with Gasteiger partial charge in [0.2, 0.25) is 5.91 Å². The first-order chi connectivity index (χ1) is 14.2. The summed E-state index contributed by atoms with van der Waals surface area (Å²) in [5.74, 6) is 1.13. The van der Waals surface area contributed by atoms with E-state index in [9.17, 15) is 4.79 Å². The van der Waals surface area contributed by atoms with Crippen LogP contribution in [0.4, 0.5) is 5.82 Å². The molecule has 2 aromatic heterocycles. The summed E-state index contributed by atoms with van der Waals surface area (Å²) in [6, 6.07) is 10.4. The van der Waals surface area contributed by atoms with Crippen molar-refractivity contribution in [2.45, 2.75) is 31.7 Å². The van der Waals surface area contributed by atoms with Crippen LogP contribution in [0.2, 0.25) is 0 Å². The summed E-state index contributed by atoms with van der Waals surface area (Å²) in [5, 5.41) is 14.3. The first-order valence-electron chi connectivity index (χ1n) is 10.4. The lowest BCUT2D eigenvalue weighted by Gasteiger charge is -2.33. The number of nitriles is 1. The number of carbonyl (C=O) groups is 1. The lowest BCUT2D eigenvalue weighted by molar-refractivity contribution is -0.125. The molecule has 2 aliphatic heterocycles. The van der Waals surface area contributed by atoms with Gasteiger partial charge in [-0.2, -0.15) is 5.26 Å². The van der Waals surface area contributed by atoms with Gasteiger partial charge in [-0.05, 0) is 62.4 Å². The van der Waals surface area contributed by atoms with E-state index in [2.05, 4.69) is 43.7 Å². The molecule has 1 atom stereocenters. The second-order valence-corrected chi connectivity index (χ2v) is 8.78. The van der Waals surface area contributed by atoms with Gasteiger partial charge in [0, 0.05) is 36.6 Å². The van der Waals surface area contributed by atoms with Crippen molar-refractivity contribution < 1.29 is 4.79 Å². The maximum absolute atomic E-state index is 12.8. The van der Waals surface area contributed by atoms with E-state index in [1.807, 2.05) is 6.07 Å². The Bertz CT molecular complexity index is 831. The van der Waals surface area contributed by atoms with Crippen molar-refractivity contribution >= 4 is 23.1 Å². The fourth-order valence-electron chi connectivity index (χ4n) is 4.30. The largest absolute Gasteiger partial charge is 0.357 e. The Labute approximate surface area is 176 Å². The van der Waals surface area contributed by atoms with E-state index in [1.54, 1.807) is 23.6 Å². The molecule has 1 N–H and O–H groups in total. The Hall–Kier alpha value is -2.43. The summed E-state index contributed by atoms with van der Waals surface area (Å²) in [4.78, 5) is 23.2. The maximum Gasteiger partial charge on any atom is 0.223 e. The number of piperidine rings is 1. The molecule has 0 radical (unpaired) electrons. The number of rotatable bonds is 6. The monoisotopic (exact) mass is 409 g/mol. The number of aromatic nitrogens is 1. The number of carbonyl (C=O) groups excluding carboxylic acids is 1. The van der Waals surface area contributed by atoms with Crippen LogP contribution >= 0.6 is 11.3 Å². The molecule has 0 aromatic carbocycles. The molecule has 152 valence electrons. The van der Waals surface area contributed by atoms with Gasteiger partial charge in [-0.25, -0.2) is 4.98 Å². The molecule has 7 heteroatoms. The fourth-order valence-corrected chi connectivity index (χ4v) is 5.16. The second-order valence-electron chi connectivity index (χ2n) is 7.80. The third-order valence-electron chi connectivity index (χ3n) is 5.99. The summed E-state index contributed by atoms with van der Waals surface area (Å²) < 4.78 is 0. The highest BCUT2D eigenvalue weighted by atomic mass is 32.1. The van der Waals surface area contributed by atoms with Gasteiger partial charge in [0.1, 0.15) is 11.9 Å². The van der Waals surface area contributed by atoms with E-state index < -0.39 is 0 Å². The number of hydrogen-bond acceptors (Lipinski definition) is 6. The molecule has 29 heavy (non-hydrogen) atoms. The zero-order valence-corrected chi connectivity index (χ0v) is 17.4. The molecule has 0 aliphatic carbocycles. The Morgan fingerprint density at radius 1 is 1.24 bits per heavy atom. The van der Waals surface area contributed by atoms with E-state index in [0.717, 1.165) is 44.8 Å². The molecular weight excluding hydrogens is 382 g/mol. The molecule has 4 heterocycles. The molecule has 2 aliphatic rings. The van der Waals surface area contributed by atoms with Crippen molar-refractivity contribution in [2.75, 3.05) is 37.6 Å². The van der Waals surface area contributed by atoms with Crippen molar-refractivity contribution in [3.8, 4) is 6.07 Å². The quantitative estimate of drug-likeness (QED) is 0.793. The summed E-state index contributed by atoms with van der Waals surface area (Å²) in [5.41, 5.74) is 0.571. The van der Waals surface area contributed by atoms with Gasteiger partial charge in [0.05, 0.1) is 11.6 Å². The highest BCUT2D eigenvalue weighted by Gasteiger charge is 2.28. The molecule has 0 saturated carbocycles. The third-order valence-corrected chi connectivity index (χ3v) is 6.96. The predicted molar refractivity (Wildman–Crippen MR) is 115 cm³/mol. The summed E-state index contributed by atoms with van der Waals surface area (Å²) >= 11 is 1.78. The van der Waals surface area contributed by atoms with Crippen LogP contribution in [0.15, 0.2) is 35.8 Å². The molecule has 2 fully saturated rings. The Morgan fingerprint density at radius 2 is 2.03 bits per heavy atom. The zero-order chi connectivity index (χ0) is 20.1. The van der Waals surface area contributed by atoms with Crippen molar-refractivity contribution in [1.29, 1.82) is 5.26 Å². The molecule has 1 unspecified atom stereocenters. The second kappa shape index (κ2) is 9.38. The zero-order valence-electron chi connectivity index (χ0n) is 16.6. The number of thiophene rings is 1. The molecule has 0 spiro atoms. The van der Waals surface area contributed by atoms with Gasteiger partial charge in [0.15, 0.2) is 0 Å². The van der Waals surface area contributed by atoms with E-state index in [4.69, 9.17) is 5.26 Å². The van der Waals surface area contributed by atoms with Crippen molar-refractivity contribution in [3.63, 3.8) is 0 Å². The van der Waals surface area contributed by atoms with E-state index in [1.165, 1.54) is 17.7 Å². The van der Waals surface area contributed by atoms with Gasteiger partial charge >= 0.3 is 0 Å². The van der Waals surface area contributed by atoms with Crippen LogP contribution in [-0.2, 0) is 4.79 Å². The number of nitrogens with one attached hydrogen (secondary N) is 1. The van der Waals surface area contributed by atoms with Crippen LogP contribution in [0.25, 0.3) is 0 Å². The van der Waals surface area contributed by atoms with Crippen molar-refractivity contribution in [2.24, 2.45) is 5.92 Å². The van der Waals surface area contributed by atoms with E-state index in [0.29, 0.717) is 18.2 Å². The number of anilines is 1. The van der Waals surface area contributed by atoms with Crippen molar-refractivity contribution in [3.05, 3.63) is 46.3 Å². The highest BCUT2D eigenvalue weighted by molar-refractivity contribution is 7.10. The number of hydrogen-bond donors (Lipinski definition) is 1. The molecule has 2 aromatic rings. The first-order valence-corrected chi connectivity index (χ1v) is 11.3. The van der Waals surface area contributed by atoms with Crippen LogP contribution in [0.1, 0.15) is 42.2 Å². The fraction of sp³-hybridized carbons (Fsp3) is 0.500. The standard InChI is InChI=1S/C22H27N5OS/c23-14-17-5-6-21(24-15-17)27-11-7-18(8-12-27)22(28)25-16-19(20-4-3-13-29-20)26-9-1-2-10-26/h3-6,13,15,18-19H,1-2,7-12,16H2,(H,25,28). The van der Waals surface area contributed by atoms with Crippen LogP contribution in [0.5, 0.6) is 0 Å². The summed E-state index contributed by atoms with van der Waals surface area (Å²) in [6.07, 6.45) is 5.77. The summed E-state index contributed by atoms with van der Waals surface area (Å²) in [6.45, 7) is 4.56. The van der Waals surface area contributed by atoms with Crippen LogP contribution in [0.3, 0.4) is 0 Å². The molecule has 1 amide bonds. The minimum absolute atomic E-state index is 0.0622. The minimum atomic E-state index is 0.0622. The van der Waals surface area contributed by atoms with E-state index in [-0.39, 0.29) is 11.8 Å². The van der Waals surface area contributed by atoms with Crippen molar-refractivity contribution in [1.82, 2.24) is 15.2 Å². The Morgan fingerprint density at radius 3 is 2.66 bits per heavy atom. The molecule has 0 bridgehead atoms. The lowest BCUT2D eigenvalue weighted by atomic mass is 9.95. The molecule has 6 nitrogen and oxygen atoms in total. The van der Waals surface area contributed by atoms with Gasteiger partial charge < -0.3 is 10.2 Å². The smallest absolute Gasteiger partial charge is 0.223 e. The average Bonchev–Trinajstić information content (AvgIpc) is 3.49. The van der Waals surface area contributed by atoms with Crippen LogP contribution in [-0.4, -0.2) is 48.5 Å². The maximum atomic E-state index is 12.8. The predicted octanol–water partition coefficient (Wildman–Crippen LogP) is 3.18. The lowest BCUT2D eigenvalue weighted by Crippen LogP contribution is -2.43. The minimum Gasteiger partial charge on any atom is -0.357 e. The average molecular weight is 410 g/mol. The highest BCUT2D eigenvalue weighted by Crippen LogP contribution is 2.28. The molecule has 4 rings (SSSR count). The van der Waals surface area contributed by atoms with Gasteiger partial charge in [-0.3, -0.25) is 9.69 Å².